The van der Waals surface area contributed by atoms with Crippen molar-refractivity contribution in [2.45, 2.75) is 59.3 Å². The summed E-state index contributed by atoms with van der Waals surface area (Å²) in [6.45, 7) is 7.30. The van der Waals surface area contributed by atoms with Crippen molar-refractivity contribution in [1.29, 1.82) is 0 Å². The van der Waals surface area contributed by atoms with Crippen molar-refractivity contribution in [2.24, 2.45) is 35.5 Å². The molecule has 3 saturated carbocycles. The molecule has 4 rings (SSSR count). The van der Waals surface area contributed by atoms with Crippen molar-refractivity contribution in [3.63, 3.8) is 0 Å². The van der Waals surface area contributed by atoms with Crippen LogP contribution in [0.4, 0.5) is 0 Å². The van der Waals surface area contributed by atoms with Crippen LogP contribution in [0.1, 0.15) is 59.3 Å². The summed E-state index contributed by atoms with van der Waals surface area (Å²) >= 11 is 0. The molecule has 6 atom stereocenters. The monoisotopic (exact) mass is 256 g/mol. The maximum Gasteiger partial charge on any atom is 0.00112 e. The predicted molar refractivity (Wildman–Crippen MR) is 80.8 cm³/mol. The fraction of sp³-hybridized carbons (Fsp3) is 0.789. The molecule has 0 saturated heterocycles. The zero-order valence-electron chi connectivity index (χ0n) is 12.8. The van der Waals surface area contributed by atoms with E-state index in [1.807, 2.05) is 11.1 Å². The van der Waals surface area contributed by atoms with Crippen LogP contribution in [0, 0.1) is 35.5 Å². The predicted octanol–water partition coefficient (Wildman–Crippen LogP) is 5.36. The summed E-state index contributed by atoms with van der Waals surface area (Å²) in [4.78, 5) is 0. The molecule has 104 valence electrons. The van der Waals surface area contributed by atoms with Gasteiger partial charge >= 0.3 is 0 Å². The highest BCUT2D eigenvalue weighted by Crippen LogP contribution is 2.61. The first-order valence-electron chi connectivity index (χ1n) is 8.58. The Morgan fingerprint density at radius 3 is 2.84 bits per heavy atom. The van der Waals surface area contributed by atoms with Gasteiger partial charge in [0, 0.05) is 5.92 Å². The van der Waals surface area contributed by atoms with Crippen molar-refractivity contribution < 1.29 is 0 Å². The second kappa shape index (κ2) is 4.24. The molecule has 0 aromatic carbocycles. The van der Waals surface area contributed by atoms with Gasteiger partial charge in [-0.05, 0) is 68.6 Å². The lowest BCUT2D eigenvalue weighted by Crippen LogP contribution is -2.36. The Kier molecular flexibility index (Phi) is 2.73. The van der Waals surface area contributed by atoms with E-state index < -0.39 is 0 Å². The average molecular weight is 256 g/mol. The van der Waals surface area contributed by atoms with Gasteiger partial charge in [-0.2, -0.15) is 0 Å². The molecule has 0 heterocycles. The van der Waals surface area contributed by atoms with Gasteiger partial charge in [0.15, 0.2) is 0 Å². The molecule has 0 nitrogen and oxygen atoms in total. The molecule has 0 aliphatic heterocycles. The molecule has 0 radical (unpaired) electrons. The molecule has 2 bridgehead atoms. The van der Waals surface area contributed by atoms with Crippen LogP contribution in [-0.4, -0.2) is 0 Å². The number of hydrogen-bond donors (Lipinski definition) is 0. The van der Waals surface area contributed by atoms with E-state index in [0.717, 1.165) is 35.5 Å². The van der Waals surface area contributed by atoms with E-state index in [1.165, 1.54) is 32.1 Å². The summed E-state index contributed by atoms with van der Waals surface area (Å²) in [7, 11) is 0. The first kappa shape index (κ1) is 12.2. The van der Waals surface area contributed by atoms with Gasteiger partial charge in [-0.1, -0.05) is 43.1 Å². The van der Waals surface area contributed by atoms with E-state index in [-0.39, 0.29) is 0 Å². The number of rotatable bonds is 1. The molecule has 4 aliphatic carbocycles. The van der Waals surface area contributed by atoms with E-state index in [0.29, 0.717) is 0 Å². The van der Waals surface area contributed by atoms with Gasteiger partial charge in [-0.3, -0.25) is 0 Å². The molecule has 0 heteroatoms. The molecule has 0 aromatic heterocycles. The van der Waals surface area contributed by atoms with Crippen LogP contribution in [0.2, 0.25) is 0 Å². The van der Waals surface area contributed by atoms with Crippen LogP contribution in [0.25, 0.3) is 0 Å². The Labute approximate surface area is 118 Å². The summed E-state index contributed by atoms with van der Waals surface area (Å²) in [5.41, 5.74) is 5.46. The minimum Gasteiger partial charge on any atom is -0.0772 e. The van der Waals surface area contributed by atoms with E-state index in [2.05, 4.69) is 26.8 Å². The standard InChI is InChI=1S/C19H28/c1-4-11(2)16-7-13-8-18-15(6-5-12(13)3)17-9-14(17)10-19(16)18/h9,12-13,15,17-19H,4-8,10H2,1-3H3. The van der Waals surface area contributed by atoms with Crippen LogP contribution >= 0.6 is 0 Å². The third-order valence-electron chi connectivity index (χ3n) is 7.04. The Balaban J connectivity index is 1.75. The maximum absolute atomic E-state index is 2.62. The topological polar surface area (TPSA) is 0 Å². The second-order valence-corrected chi connectivity index (χ2v) is 7.82. The highest BCUT2D eigenvalue weighted by molar-refractivity contribution is 5.38. The van der Waals surface area contributed by atoms with Gasteiger partial charge in [-0.25, -0.2) is 0 Å². The number of allylic oxidation sites excluding steroid dienone is 4. The lowest BCUT2D eigenvalue weighted by molar-refractivity contribution is 0.138. The van der Waals surface area contributed by atoms with E-state index in [1.54, 1.807) is 12.0 Å². The maximum atomic E-state index is 2.62. The SMILES string of the molecule is CCC(C)=C1CC2CC3C1CC1=CC1C3CCC2C. The van der Waals surface area contributed by atoms with Crippen LogP contribution in [-0.2, 0) is 0 Å². The fourth-order valence-electron chi connectivity index (χ4n) is 5.58. The van der Waals surface area contributed by atoms with Crippen LogP contribution < -0.4 is 0 Å². The summed E-state index contributed by atoms with van der Waals surface area (Å²) in [5.74, 6) is 5.93. The Hall–Kier alpha value is -0.520. The van der Waals surface area contributed by atoms with Crippen molar-refractivity contribution in [3.05, 3.63) is 22.8 Å². The van der Waals surface area contributed by atoms with E-state index in [9.17, 15) is 0 Å². The van der Waals surface area contributed by atoms with E-state index >= 15 is 0 Å². The Morgan fingerprint density at radius 2 is 2.05 bits per heavy atom. The van der Waals surface area contributed by atoms with Crippen LogP contribution in [0.5, 0.6) is 0 Å². The second-order valence-electron chi connectivity index (χ2n) is 7.82. The molecule has 0 N–H and O–H groups in total. The first-order valence-corrected chi connectivity index (χ1v) is 8.58. The summed E-state index contributed by atoms with van der Waals surface area (Å²) in [6.07, 6.45) is 11.3. The van der Waals surface area contributed by atoms with Crippen molar-refractivity contribution in [3.8, 4) is 0 Å². The largest absolute Gasteiger partial charge is 0.0772 e. The quantitative estimate of drug-likeness (QED) is 0.554. The van der Waals surface area contributed by atoms with Crippen LogP contribution in [0.3, 0.4) is 0 Å². The lowest BCUT2D eigenvalue weighted by atomic mass is 9.60. The molecule has 6 unspecified atom stereocenters. The van der Waals surface area contributed by atoms with Gasteiger partial charge in [0.05, 0.1) is 0 Å². The number of fused-ring (bicyclic) bond motifs is 3. The molecule has 0 amide bonds. The zero-order chi connectivity index (χ0) is 13.1. The first-order chi connectivity index (χ1) is 9.19. The summed E-state index contributed by atoms with van der Waals surface area (Å²) < 4.78 is 0. The molecule has 0 aromatic rings. The molecule has 4 aliphatic rings. The lowest BCUT2D eigenvalue weighted by Gasteiger charge is -2.45. The van der Waals surface area contributed by atoms with Gasteiger partial charge < -0.3 is 0 Å². The zero-order valence-corrected chi connectivity index (χ0v) is 12.8. The smallest absolute Gasteiger partial charge is 0.00112 e. The molecular weight excluding hydrogens is 228 g/mol. The van der Waals surface area contributed by atoms with Gasteiger partial charge in [0.1, 0.15) is 0 Å². The highest BCUT2D eigenvalue weighted by Gasteiger charge is 2.51. The minimum absolute atomic E-state index is 0.941. The summed E-state index contributed by atoms with van der Waals surface area (Å²) in [5, 5.41) is 0. The fourth-order valence-corrected chi connectivity index (χ4v) is 5.58. The van der Waals surface area contributed by atoms with Gasteiger partial charge in [0.2, 0.25) is 0 Å². The average Bonchev–Trinajstić information content (AvgIpc) is 3.20. The van der Waals surface area contributed by atoms with Gasteiger partial charge in [-0.15, -0.1) is 0 Å². The third-order valence-corrected chi connectivity index (χ3v) is 7.04. The molecule has 19 heavy (non-hydrogen) atoms. The minimum atomic E-state index is 0.941. The van der Waals surface area contributed by atoms with Crippen molar-refractivity contribution >= 4 is 0 Å². The molecule has 0 spiro atoms. The normalized spacial score (nSPS) is 49.9. The van der Waals surface area contributed by atoms with Crippen molar-refractivity contribution in [2.75, 3.05) is 0 Å². The Bertz CT molecular complexity index is 453. The van der Waals surface area contributed by atoms with Crippen molar-refractivity contribution in [1.82, 2.24) is 0 Å². The van der Waals surface area contributed by atoms with Gasteiger partial charge in [0.25, 0.3) is 0 Å². The number of hydrogen-bond acceptors (Lipinski definition) is 0. The van der Waals surface area contributed by atoms with Crippen LogP contribution in [0.15, 0.2) is 22.8 Å². The third kappa shape index (κ3) is 1.78. The summed E-state index contributed by atoms with van der Waals surface area (Å²) in [6, 6.07) is 0. The highest BCUT2D eigenvalue weighted by atomic mass is 14.6. The van der Waals surface area contributed by atoms with E-state index in [4.69, 9.17) is 0 Å². The Morgan fingerprint density at radius 1 is 1.21 bits per heavy atom. The molecular formula is C19H28. The molecule has 3 fully saturated rings.